The highest BCUT2D eigenvalue weighted by Crippen LogP contribution is 2.45. The number of likely N-dealkylation sites (tertiary alicyclic amines) is 1. The highest BCUT2D eigenvalue weighted by molar-refractivity contribution is 7.17. The van der Waals surface area contributed by atoms with Crippen molar-refractivity contribution >= 4 is 44.6 Å². The van der Waals surface area contributed by atoms with Crippen LogP contribution in [0.25, 0.3) is 22.3 Å². The molecule has 6 rings (SSSR count). The zero-order valence-electron chi connectivity index (χ0n) is 19.9. The summed E-state index contributed by atoms with van der Waals surface area (Å²) in [5.74, 6) is -0.627. The van der Waals surface area contributed by atoms with E-state index in [9.17, 15) is 9.65 Å². The van der Waals surface area contributed by atoms with Crippen LogP contribution in [0.2, 0.25) is 0 Å². The highest BCUT2D eigenvalue weighted by Gasteiger charge is 2.42. The molecule has 2 aromatic heterocycles. The van der Waals surface area contributed by atoms with Gasteiger partial charge in [-0.05, 0) is 37.1 Å². The molecule has 10 heteroatoms. The van der Waals surface area contributed by atoms with Crippen LogP contribution in [-0.2, 0) is 18.0 Å². The van der Waals surface area contributed by atoms with Gasteiger partial charge in [0, 0.05) is 47.9 Å². The first-order valence-corrected chi connectivity index (χ1v) is 12.5. The molecule has 36 heavy (non-hydrogen) atoms. The van der Waals surface area contributed by atoms with E-state index in [4.69, 9.17) is 10.5 Å². The van der Waals surface area contributed by atoms with Crippen molar-refractivity contribution in [3.63, 3.8) is 0 Å². The Labute approximate surface area is 211 Å². The van der Waals surface area contributed by atoms with Crippen molar-refractivity contribution in [2.45, 2.75) is 38.6 Å². The molecule has 5 heterocycles. The number of aromatic nitrogens is 2. The van der Waals surface area contributed by atoms with E-state index < -0.39 is 11.6 Å². The van der Waals surface area contributed by atoms with E-state index in [2.05, 4.69) is 33.4 Å². The van der Waals surface area contributed by atoms with E-state index in [1.54, 1.807) is 13.1 Å². The number of fused-ring (bicyclic) bond motifs is 5. The van der Waals surface area contributed by atoms with Gasteiger partial charge in [-0.25, -0.2) is 18.7 Å². The van der Waals surface area contributed by atoms with E-state index in [-0.39, 0.29) is 50.9 Å². The van der Waals surface area contributed by atoms with Crippen molar-refractivity contribution in [2.24, 2.45) is 0 Å². The third kappa shape index (κ3) is 3.20. The van der Waals surface area contributed by atoms with Crippen LogP contribution in [0.5, 0.6) is 0 Å². The minimum Gasteiger partial charge on any atom is -0.389 e. The molecule has 3 aliphatic rings. The van der Waals surface area contributed by atoms with E-state index >= 15 is 4.39 Å². The Morgan fingerprint density at radius 3 is 2.75 bits per heavy atom. The lowest BCUT2D eigenvalue weighted by molar-refractivity contribution is 0.134. The number of ether oxygens (including phenoxy) is 1. The number of rotatable bonds is 4. The molecule has 1 aromatic carbocycles. The summed E-state index contributed by atoms with van der Waals surface area (Å²) in [6.07, 6.45) is 4.00. The quantitative estimate of drug-likeness (QED) is 0.553. The smallest absolute Gasteiger partial charge is 0.226 e. The maximum atomic E-state index is 16.4. The minimum absolute atomic E-state index is 0.0877. The molecule has 184 valence electrons. The summed E-state index contributed by atoms with van der Waals surface area (Å²) in [4.78, 5) is 13.9. The topological polar surface area (TPSA) is 91.3 Å². The van der Waals surface area contributed by atoms with Gasteiger partial charge in [0.05, 0.1) is 23.7 Å². The maximum absolute atomic E-state index is 16.4. The largest absolute Gasteiger partial charge is 0.389 e. The number of hydrogen-bond acceptors (Lipinski definition) is 8. The summed E-state index contributed by atoms with van der Waals surface area (Å²) in [6.45, 7) is 7.85. The molecule has 0 amide bonds. The van der Waals surface area contributed by atoms with Gasteiger partial charge in [0.1, 0.15) is 22.4 Å². The Morgan fingerprint density at radius 2 is 2.08 bits per heavy atom. The monoisotopic (exact) mass is 506 g/mol. The molecule has 2 saturated heterocycles. The van der Waals surface area contributed by atoms with Crippen molar-refractivity contribution in [2.75, 3.05) is 30.8 Å². The number of hydrogen-bond donors (Lipinski definition) is 1. The van der Waals surface area contributed by atoms with E-state index in [1.165, 1.54) is 6.08 Å². The average molecular weight is 507 g/mol. The van der Waals surface area contributed by atoms with Crippen LogP contribution in [0.15, 0.2) is 18.9 Å². The first-order chi connectivity index (χ1) is 17.3. The van der Waals surface area contributed by atoms with Crippen LogP contribution in [-0.4, -0.2) is 47.1 Å². The van der Waals surface area contributed by atoms with Crippen molar-refractivity contribution in [3.8, 4) is 6.07 Å². The second kappa shape index (κ2) is 8.34. The lowest BCUT2D eigenvalue weighted by Gasteiger charge is -2.32. The Bertz CT molecular complexity index is 1520. The molecule has 0 aliphatic carbocycles. The number of halogens is 2. The fraction of sp³-hybridized carbons (Fsp3) is 0.346. The maximum Gasteiger partial charge on any atom is 0.226 e. The average Bonchev–Trinajstić information content (AvgIpc) is 3.65. The standard InChI is InChI=1S/C26H24F2N6OS/c1-4-19(27)24-21(15(6-29)25(30)36-24)12(2)20-18-11-35-10-17(18)16-7-31-26(32-23(16)22(20)28)34-9-13-5-14(34)8-33(13)3/h4,7,13-14H,2,5,8-11,30H2,1,3H3/b19-4+/t13-,14?/m0/s1. The number of nitrogens with zero attached hydrogens (tertiary/aromatic N) is 5. The fourth-order valence-electron chi connectivity index (χ4n) is 5.74. The number of piperazine rings is 1. The first kappa shape index (κ1) is 23.0. The summed E-state index contributed by atoms with van der Waals surface area (Å²) in [5, 5.41) is 10.5. The van der Waals surface area contributed by atoms with E-state index in [0.29, 0.717) is 29.0 Å². The normalized spacial score (nSPS) is 21.4. The zero-order valence-corrected chi connectivity index (χ0v) is 20.8. The predicted molar refractivity (Wildman–Crippen MR) is 136 cm³/mol. The van der Waals surface area contributed by atoms with Crippen molar-refractivity contribution in [1.29, 1.82) is 5.26 Å². The molecule has 0 spiro atoms. The molecule has 2 N–H and O–H groups in total. The Hall–Kier alpha value is -3.39. The van der Waals surface area contributed by atoms with Gasteiger partial charge in [-0.1, -0.05) is 12.7 Å². The summed E-state index contributed by atoms with van der Waals surface area (Å²) in [7, 11) is 2.11. The van der Waals surface area contributed by atoms with Crippen molar-refractivity contribution in [1.82, 2.24) is 14.9 Å². The molecule has 2 fully saturated rings. The molecule has 3 aliphatic heterocycles. The number of likely N-dealkylation sites (N-methyl/N-ethyl adjacent to an activating group) is 1. The number of nitrogen functional groups attached to an aromatic ring is 1. The summed E-state index contributed by atoms with van der Waals surface area (Å²) in [5.41, 5.74) is 8.28. The second-order valence-electron chi connectivity index (χ2n) is 9.48. The molecule has 0 saturated carbocycles. The van der Waals surface area contributed by atoms with Crippen LogP contribution in [0.4, 0.5) is 19.7 Å². The van der Waals surface area contributed by atoms with Gasteiger partial charge in [-0.15, -0.1) is 11.3 Å². The number of nitriles is 1. The Kier molecular flexibility index (Phi) is 5.33. The number of thiophene rings is 1. The van der Waals surface area contributed by atoms with Crippen LogP contribution in [0.1, 0.15) is 46.0 Å². The van der Waals surface area contributed by atoms with E-state index in [0.717, 1.165) is 36.4 Å². The van der Waals surface area contributed by atoms with Crippen LogP contribution in [0, 0.1) is 17.1 Å². The SMILES string of the molecule is C=C(c1c(/C(F)=C\C)sc(N)c1C#N)c1c2c(c3cnc(N4C[C@@H]5CC4CN5C)nc3c1F)COC2. The molecule has 3 aromatic rings. The van der Waals surface area contributed by atoms with Crippen molar-refractivity contribution in [3.05, 3.63) is 57.4 Å². The minimum atomic E-state index is -0.579. The molecule has 2 atom stereocenters. The number of benzene rings is 1. The number of anilines is 2. The predicted octanol–water partition coefficient (Wildman–Crippen LogP) is 4.60. The van der Waals surface area contributed by atoms with Gasteiger partial charge >= 0.3 is 0 Å². The summed E-state index contributed by atoms with van der Waals surface area (Å²) < 4.78 is 36.9. The first-order valence-electron chi connectivity index (χ1n) is 11.7. The van der Waals surface area contributed by atoms with Gasteiger partial charge in [0.15, 0.2) is 5.82 Å². The second-order valence-corrected chi connectivity index (χ2v) is 10.5. The number of nitrogens with two attached hydrogens (primary N) is 1. The van der Waals surface area contributed by atoms with Gasteiger partial charge in [-0.2, -0.15) is 5.26 Å². The third-order valence-corrected chi connectivity index (χ3v) is 8.61. The molecule has 2 bridgehead atoms. The third-order valence-electron chi connectivity index (χ3n) is 7.58. The van der Waals surface area contributed by atoms with Crippen LogP contribution >= 0.6 is 11.3 Å². The lowest BCUT2D eigenvalue weighted by Crippen LogP contribution is -2.45. The van der Waals surface area contributed by atoms with Crippen molar-refractivity contribution < 1.29 is 13.5 Å². The molecule has 1 unspecified atom stereocenters. The molecular weight excluding hydrogens is 482 g/mol. The molecular formula is C26H24F2N6OS. The van der Waals surface area contributed by atoms with Crippen LogP contribution in [0.3, 0.4) is 0 Å². The van der Waals surface area contributed by atoms with Gasteiger partial charge in [-0.3, -0.25) is 4.90 Å². The van der Waals surface area contributed by atoms with Gasteiger partial charge < -0.3 is 15.4 Å². The zero-order chi connectivity index (χ0) is 25.3. The Morgan fingerprint density at radius 1 is 1.31 bits per heavy atom. The summed E-state index contributed by atoms with van der Waals surface area (Å²) >= 11 is 0.951. The highest BCUT2D eigenvalue weighted by atomic mass is 32.1. The fourth-order valence-corrected chi connectivity index (χ4v) is 6.75. The summed E-state index contributed by atoms with van der Waals surface area (Å²) in [6, 6.07) is 2.78. The molecule has 0 radical (unpaired) electrons. The molecule has 7 nitrogen and oxygen atoms in total. The van der Waals surface area contributed by atoms with E-state index in [1.807, 2.05) is 6.07 Å². The van der Waals surface area contributed by atoms with Gasteiger partial charge in [0.25, 0.3) is 0 Å². The van der Waals surface area contributed by atoms with Gasteiger partial charge in [0.2, 0.25) is 5.95 Å². The number of allylic oxidation sites excluding steroid dienone is 1. The lowest BCUT2D eigenvalue weighted by atomic mass is 9.89. The Balaban J connectivity index is 1.54. The van der Waals surface area contributed by atoms with Crippen LogP contribution < -0.4 is 10.6 Å².